The molecule has 8 rings (SSSR count). The lowest BCUT2D eigenvalue weighted by Gasteiger charge is -2.26. The van der Waals surface area contributed by atoms with E-state index in [4.69, 9.17) is 7.85 Å². The van der Waals surface area contributed by atoms with Crippen LogP contribution in [-0.4, -0.2) is 58.9 Å². The van der Waals surface area contributed by atoms with Gasteiger partial charge in [-0.3, -0.25) is 0 Å². The summed E-state index contributed by atoms with van der Waals surface area (Å²) in [5, 5.41) is 117. The highest BCUT2D eigenvalue weighted by Crippen LogP contribution is 2.60. The largest absolute Gasteiger partial charge is 0.507 e. The van der Waals surface area contributed by atoms with Gasteiger partial charge in [0.15, 0.2) is 23.0 Å². The summed E-state index contributed by atoms with van der Waals surface area (Å²) in [7, 11) is 6.35. The highest BCUT2D eigenvalue weighted by Gasteiger charge is 2.33. The Labute approximate surface area is 333 Å². The molecule has 0 aliphatic carbocycles. The fraction of sp³-hybridized carbons (Fsp3) is 0.149. The van der Waals surface area contributed by atoms with Crippen LogP contribution in [-0.2, 0) is 0 Å². The standard InChI is InChI=1S/C47H39BO10/c1-16-17(2)31(40(51)30-18(3)19(4)38(49)20(5)27(16)30)35-29-22(7)39(50)21(6)28(34(29)41(52)45(56)42(35)53)32-23-12-8-10-14-25(23)33(26-15-11-9-13-24(26)32)36-37(48)44(55)47(58)46(57)43(36)54/h8-15,49-58H,1-7H3. The quantitative estimate of drug-likeness (QED) is 0.0357. The molecule has 0 aromatic heterocycles. The van der Waals surface area contributed by atoms with Crippen LogP contribution in [0.1, 0.15) is 38.9 Å². The van der Waals surface area contributed by atoms with Crippen molar-refractivity contribution in [3.05, 3.63) is 87.5 Å². The van der Waals surface area contributed by atoms with Crippen LogP contribution in [0.5, 0.6) is 57.5 Å². The Kier molecular flexibility index (Phi) is 8.26. The van der Waals surface area contributed by atoms with Crippen molar-refractivity contribution in [2.45, 2.75) is 48.5 Å². The summed E-state index contributed by atoms with van der Waals surface area (Å²) < 4.78 is 0. The number of benzene rings is 8. The van der Waals surface area contributed by atoms with Crippen molar-refractivity contribution in [1.82, 2.24) is 0 Å². The number of fused-ring (bicyclic) bond motifs is 4. The Hall–Kier alpha value is -7.14. The summed E-state index contributed by atoms with van der Waals surface area (Å²) in [4.78, 5) is 0. The average Bonchev–Trinajstić information content (AvgIpc) is 3.21. The Morgan fingerprint density at radius 1 is 0.276 bits per heavy atom. The number of rotatable bonds is 3. The molecule has 0 aliphatic heterocycles. The van der Waals surface area contributed by atoms with Crippen molar-refractivity contribution >= 4 is 56.4 Å². The molecule has 0 saturated carbocycles. The smallest absolute Gasteiger partial charge is 0.204 e. The molecule has 8 aromatic rings. The van der Waals surface area contributed by atoms with Gasteiger partial charge in [-0.1, -0.05) is 48.5 Å². The van der Waals surface area contributed by atoms with Crippen LogP contribution in [0.4, 0.5) is 0 Å². The second-order valence-corrected chi connectivity index (χ2v) is 15.1. The third-order valence-corrected chi connectivity index (χ3v) is 12.3. The van der Waals surface area contributed by atoms with Crippen LogP contribution in [0.3, 0.4) is 0 Å². The summed E-state index contributed by atoms with van der Waals surface area (Å²) in [5.74, 6) is -6.18. The van der Waals surface area contributed by atoms with E-state index < -0.39 is 45.7 Å². The van der Waals surface area contributed by atoms with E-state index in [9.17, 15) is 51.1 Å². The van der Waals surface area contributed by atoms with Crippen molar-refractivity contribution in [2.24, 2.45) is 0 Å². The summed E-state index contributed by atoms with van der Waals surface area (Å²) in [6.07, 6.45) is 0. The Balaban J connectivity index is 1.63. The summed E-state index contributed by atoms with van der Waals surface area (Å²) in [6.45, 7) is 12.1. The minimum Gasteiger partial charge on any atom is -0.507 e. The molecule has 0 bridgehead atoms. The molecule has 0 fully saturated rings. The SMILES string of the molecule is [B]c1c(O)c(O)c(O)c(O)c1-c1c2ccccc2c(-c2c(C)c(O)c(C)c3c(-c4c(C)c(C)c5c(C)c(O)c(C)c(C)c5c4O)c(O)c(O)c(O)c23)c2ccccc12. The summed E-state index contributed by atoms with van der Waals surface area (Å²) in [5.41, 5.74) is 4.02. The zero-order valence-corrected chi connectivity index (χ0v) is 32.7. The van der Waals surface area contributed by atoms with Gasteiger partial charge in [0.2, 0.25) is 17.2 Å². The van der Waals surface area contributed by atoms with Crippen LogP contribution >= 0.6 is 0 Å². The van der Waals surface area contributed by atoms with Gasteiger partial charge in [0, 0.05) is 44.0 Å². The normalized spacial score (nSPS) is 11.8. The molecular formula is C47H39BO10. The van der Waals surface area contributed by atoms with Gasteiger partial charge in [-0.05, 0) is 125 Å². The molecule has 0 heterocycles. The molecule has 10 N–H and O–H groups in total. The summed E-state index contributed by atoms with van der Waals surface area (Å²) in [6, 6.07) is 13.9. The number of aryl methyl sites for hydroxylation is 4. The fourth-order valence-corrected chi connectivity index (χ4v) is 9.12. The van der Waals surface area contributed by atoms with Gasteiger partial charge >= 0.3 is 0 Å². The molecule has 8 aromatic carbocycles. The van der Waals surface area contributed by atoms with Crippen LogP contribution in [0.25, 0.3) is 76.5 Å². The van der Waals surface area contributed by atoms with Gasteiger partial charge in [0.1, 0.15) is 25.1 Å². The van der Waals surface area contributed by atoms with Crippen LogP contribution in [0, 0.1) is 48.5 Å². The maximum absolute atomic E-state index is 12.3. The first-order chi connectivity index (χ1) is 27.4. The number of aromatic hydroxyl groups is 10. The molecule has 290 valence electrons. The molecular weight excluding hydrogens is 735 g/mol. The van der Waals surface area contributed by atoms with Crippen molar-refractivity contribution < 1.29 is 51.1 Å². The third kappa shape index (κ3) is 4.67. The van der Waals surface area contributed by atoms with Gasteiger partial charge < -0.3 is 51.1 Å². The molecule has 0 amide bonds. The maximum atomic E-state index is 12.3. The van der Waals surface area contributed by atoms with E-state index >= 15 is 0 Å². The van der Waals surface area contributed by atoms with E-state index in [1.54, 1.807) is 90.1 Å². The number of hydrogen-bond acceptors (Lipinski definition) is 10. The summed E-state index contributed by atoms with van der Waals surface area (Å²) >= 11 is 0. The Bertz CT molecular complexity index is 3120. The lowest BCUT2D eigenvalue weighted by molar-refractivity contribution is 0.348. The first-order valence-corrected chi connectivity index (χ1v) is 18.4. The number of hydrogen-bond donors (Lipinski definition) is 10. The van der Waals surface area contributed by atoms with Gasteiger partial charge in [-0.25, -0.2) is 0 Å². The minimum atomic E-state index is -0.989. The maximum Gasteiger partial charge on any atom is 0.204 e. The average molecular weight is 775 g/mol. The first-order valence-electron chi connectivity index (χ1n) is 18.4. The van der Waals surface area contributed by atoms with Crippen molar-refractivity contribution in [3.8, 4) is 90.9 Å². The van der Waals surface area contributed by atoms with E-state index in [1.807, 2.05) is 6.92 Å². The molecule has 0 spiro atoms. The van der Waals surface area contributed by atoms with E-state index in [1.165, 1.54) is 0 Å². The van der Waals surface area contributed by atoms with Gasteiger partial charge in [0.05, 0.1) is 0 Å². The second-order valence-electron chi connectivity index (χ2n) is 15.1. The van der Waals surface area contributed by atoms with Gasteiger partial charge in [-0.2, -0.15) is 0 Å². The highest BCUT2D eigenvalue weighted by molar-refractivity contribution is 6.41. The van der Waals surface area contributed by atoms with Crippen molar-refractivity contribution in [3.63, 3.8) is 0 Å². The molecule has 10 nitrogen and oxygen atoms in total. The lowest BCUT2D eigenvalue weighted by atomic mass is 9.77. The molecule has 0 unspecified atom stereocenters. The fourth-order valence-electron chi connectivity index (χ4n) is 9.12. The molecule has 0 aliphatic rings. The second kappa shape index (κ2) is 12.7. The van der Waals surface area contributed by atoms with Crippen molar-refractivity contribution in [1.29, 1.82) is 0 Å². The Morgan fingerprint density at radius 3 is 1.22 bits per heavy atom. The third-order valence-electron chi connectivity index (χ3n) is 12.3. The van der Waals surface area contributed by atoms with E-state index in [2.05, 4.69) is 0 Å². The van der Waals surface area contributed by atoms with Gasteiger partial charge in [0.25, 0.3) is 0 Å². The first kappa shape index (κ1) is 37.8. The predicted octanol–water partition coefficient (Wildman–Crippen LogP) is 9.31. The van der Waals surface area contributed by atoms with Crippen LogP contribution in [0.2, 0.25) is 0 Å². The monoisotopic (exact) mass is 774 g/mol. The molecule has 58 heavy (non-hydrogen) atoms. The highest BCUT2D eigenvalue weighted by atomic mass is 16.3. The van der Waals surface area contributed by atoms with Crippen LogP contribution in [0.15, 0.2) is 48.5 Å². The minimum absolute atomic E-state index is 0.0416. The van der Waals surface area contributed by atoms with Crippen molar-refractivity contribution in [2.75, 3.05) is 0 Å². The van der Waals surface area contributed by atoms with E-state index in [0.717, 1.165) is 0 Å². The predicted molar refractivity (Wildman–Crippen MR) is 228 cm³/mol. The number of phenols is 10. The molecule has 0 saturated heterocycles. The Morgan fingerprint density at radius 2 is 0.690 bits per heavy atom. The molecule has 11 heteroatoms. The van der Waals surface area contributed by atoms with E-state index in [-0.39, 0.29) is 55.8 Å². The molecule has 0 atom stereocenters. The molecule has 2 radical (unpaired) electrons. The van der Waals surface area contributed by atoms with Crippen LogP contribution < -0.4 is 5.46 Å². The van der Waals surface area contributed by atoms with Gasteiger partial charge in [-0.15, -0.1) is 0 Å². The zero-order valence-electron chi connectivity index (χ0n) is 32.7. The lowest BCUT2D eigenvalue weighted by Crippen LogP contribution is -2.09. The van der Waals surface area contributed by atoms with E-state index in [0.29, 0.717) is 76.8 Å². The topological polar surface area (TPSA) is 202 Å². The zero-order chi connectivity index (χ0) is 42.1. The number of phenolic OH excluding ortho intramolecular Hbond substituents is 10.